The maximum Gasteiger partial charge on any atom is 0.0916 e. The van der Waals surface area contributed by atoms with E-state index in [0.29, 0.717) is 0 Å². The van der Waals surface area contributed by atoms with Gasteiger partial charge in [-0.1, -0.05) is 6.92 Å². The van der Waals surface area contributed by atoms with Gasteiger partial charge in [-0.05, 0) is 41.3 Å². The smallest absolute Gasteiger partial charge is 0.0916 e. The molecular formula is C26H61BrCl2N6. The third kappa shape index (κ3) is 15.7. The lowest BCUT2D eigenvalue weighted by molar-refractivity contribution is -0.928. The van der Waals surface area contributed by atoms with E-state index in [1.165, 1.54) is 112 Å². The maximum atomic E-state index is 2.56. The highest BCUT2D eigenvalue weighted by Gasteiger charge is 2.28. The molecule has 0 bridgehead atoms. The monoisotopic (exact) mass is 606 g/mol. The van der Waals surface area contributed by atoms with Crippen LogP contribution in [-0.2, 0) is 0 Å². The van der Waals surface area contributed by atoms with Gasteiger partial charge >= 0.3 is 0 Å². The van der Waals surface area contributed by atoms with E-state index in [0.717, 1.165) is 6.04 Å². The molecule has 3 rings (SSSR count). The SMILES string of the molecule is CC(C)N1CC[N+](C)(C)CC1.CCN1CC[N+](CC)(CC)CC1.CN1CC[N+](C)(C)CC1.[Br-].[Cl-].[Cl-]. The first-order chi connectivity index (χ1) is 14.9. The lowest BCUT2D eigenvalue weighted by Gasteiger charge is -2.43. The number of rotatable bonds is 4. The number of likely N-dealkylation sites (N-methyl/N-ethyl adjacent to an activating group) is 5. The van der Waals surface area contributed by atoms with Gasteiger partial charge in [-0.15, -0.1) is 0 Å². The van der Waals surface area contributed by atoms with E-state index in [1.807, 2.05) is 0 Å². The Balaban J connectivity index is -0.000000424. The summed E-state index contributed by atoms with van der Waals surface area (Å²) in [6.45, 7) is 30.9. The zero-order valence-corrected chi connectivity index (χ0v) is 28.1. The van der Waals surface area contributed by atoms with Crippen LogP contribution >= 0.6 is 0 Å². The molecule has 0 amide bonds. The highest BCUT2D eigenvalue weighted by molar-refractivity contribution is 4.65. The summed E-state index contributed by atoms with van der Waals surface area (Å²) in [5.74, 6) is 0. The van der Waals surface area contributed by atoms with Crippen molar-refractivity contribution in [3.63, 3.8) is 0 Å². The number of hydrogen-bond acceptors (Lipinski definition) is 3. The quantitative estimate of drug-likeness (QED) is 0.294. The Morgan fingerprint density at radius 2 is 1.00 bits per heavy atom. The molecule has 0 aromatic rings. The average Bonchev–Trinajstić information content (AvgIpc) is 2.76. The van der Waals surface area contributed by atoms with E-state index in [-0.39, 0.29) is 41.8 Å². The van der Waals surface area contributed by atoms with Crippen molar-refractivity contribution < 1.29 is 55.2 Å². The van der Waals surface area contributed by atoms with Gasteiger partial charge in [0.25, 0.3) is 0 Å². The van der Waals surface area contributed by atoms with Crippen molar-refractivity contribution in [1.29, 1.82) is 0 Å². The molecule has 0 aliphatic carbocycles. The third-order valence-electron chi connectivity index (χ3n) is 8.46. The Morgan fingerprint density at radius 3 is 1.29 bits per heavy atom. The predicted molar refractivity (Wildman–Crippen MR) is 141 cm³/mol. The molecule has 0 saturated carbocycles. The van der Waals surface area contributed by atoms with Crippen LogP contribution in [0.2, 0.25) is 0 Å². The zero-order chi connectivity index (χ0) is 24.4. The summed E-state index contributed by atoms with van der Waals surface area (Å²) in [4.78, 5) is 7.51. The summed E-state index contributed by atoms with van der Waals surface area (Å²) in [6, 6.07) is 0.732. The first-order valence-corrected chi connectivity index (χ1v) is 13.5. The van der Waals surface area contributed by atoms with Gasteiger partial charge in [0.05, 0.1) is 80.5 Å². The summed E-state index contributed by atoms with van der Waals surface area (Å²) in [5.41, 5.74) is 0. The maximum absolute atomic E-state index is 2.56. The number of nitrogens with zero attached hydrogens (tertiary/aromatic N) is 6. The fourth-order valence-corrected chi connectivity index (χ4v) is 4.75. The van der Waals surface area contributed by atoms with Gasteiger partial charge in [0.15, 0.2) is 0 Å². The van der Waals surface area contributed by atoms with Gasteiger partial charge < -0.3 is 55.2 Å². The van der Waals surface area contributed by atoms with Crippen LogP contribution in [-0.4, -0.2) is 168 Å². The van der Waals surface area contributed by atoms with Gasteiger partial charge in [-0.25, -0.2) is 0 Å². The molecule has 35 heavy (non-hydrogen) atoms. The second kappa shape index (κ2) is 19.0. The molecule has 6 nitrogen and oxygen atoms in total. The first kappa shape index (κ1) is 40.3. The minimum atomic E-state index is 0. The Labute approximate surface area is 243 Å². The summed E-state index contributed by atoms with van der Waals surface area (Å²) in [7, 11) is 11.4. The van der Waals surface area contributed by atoms with Crippen LogP contribution < -0.4 is 41.8 Å². The Morgan fingerprint density at radius 1 is 0.629 bits per heavy atom. The minimum absolute atomic E-state index is 0. The minimum Gasteiger partial charge on any atom is -1.00 e. The van der Waals surface area contributed by atoms with Crippen molar-refractivity contribution in [2.75, 3.05) is 133 Å². The van der Waals surface area contributed by atoms with E-state index < -0.39 is 0 Å². The molecule has 9 heteroatoms. The molecule has 0 unspecified atom stereocenters. The Bertz CT molecular complexity index is 488. The second-order valence-corrected chi connectivity index (χ2v) is 12.1. The van der Waals surface area contributed by atoms with Crippen molar-refractivity contribution in [3.8, 4) is 0 Å². The van der Waals surface area contributed by atoms with Crippen molar-refractivity contribution in [2.24, 2.45) is 0 Å². The molecule has 216 valence electrons. The topological polar surface area (TPSA) is 9.72 Å². The van der Waals surface area contributed by atoms with Crippen LogP contribution in [0.1, 0.15) is 34.6 Å². The van der Waals surface area contributed by atoms with Crippen LogP contribution in [0.15, 0.2) is 0 Å². The van der Waals surface area contributed by atoms with Crippen LogP contribution in [0.5, 0.6) is 0 Å². The fraction of sp³-hybridized carbons (Fsp3) is 1.00. The molecule has 0 spiro atoms. The van der Waals surface area contributed by atoms with Crippen molar-refractivity contribution in [2.45, 2.75) is 40.7 Å². The average molecular weight is 609 g/mol. The van der Waals surface area contributed by atoms with E-state index in [4.69, 9.17) is 0 Å². The van der Waals surface area contributed by atoms with Crippen LogP contribution in [0.4, 0.5) is 0 Å². The highest BCUT2D eigenvalue weighted by Crippen LogP contribution is 2.12. The van der Waals surface area contributed by atoms with E-state index in [1.54, 1.807) is 0 Å². The Kier molecular flexibility index (Phi) is 21.9. The third-order valence-corrected chi connectivity index (χ3v) is 8.46. The normalized spacial score (nSPS) is 23.7. The lowest BCUT2D eigenvalue weighted by atomic mass is 10.2. The number of piperazine rings is 3. The van der Waals surface area contributed by atoms with E-state index in [9.17, 15) is 0 Å². The van der Waals surface area contributed by atoms with E-state index >= 15 is 0 Å². The number of quaternary nitrogens is 3. The predicted octanol–water partition coefficient (Wildman–Crippen LogP) is -7.01. The highest BCUT2D eigenvalue weighted by atomic mass is 79.9. The lowest BCUT2D eigenvalue weighted by Crippen LogP contribution is -3.00. The van der Waals surface area contributed by atoms with Crippen LogP contribution in [0.3, 0.4) is 0 Å². The van der Waals surface area contributed by atoms with Crippen LogP contribution in [0, 0.1) is 0 Å². The molecule has 3 saturated heterocycles. The molecule has 3 aliphatic rings. The molecule has 0 aromatic heterocycles. The van der Waals surface area contributed by atoms with Gasteiger partial charge in [0.1, 0.15) is 0 Å². The summed E-state index contributed by atoms with van der Waals surface area (Å²) in [5, 5.41) is 0. The largest absolute Gasteiger partial charge is 1.00 e. The molecular weight excluding hydrogens is 547 g/mol. The molecule has 0 atom stereocenters. The number of halogens is 3. The van der Waals surface area contributed by atoms with Gasteiger partial charge in [-0.3, -0.25) is 14.7 Å². The van der Waals surface area contributed by atoms with Gasteiger partial charge in [-0.2, -0.15) is 0 Å². The molecule has 3 heterocycles. The molecule has 0 N–H and O–H groups in total. The number of hydrogen-bond donors (Lipinski definition) is 0. The van der Waals surface area contributed by atoms with Crippen molar-refractivity contribution in [3.05, 3.63) is 0 Å². The summed E-state index contributed by atoms with van der Waals surface area (Å²) >= 11 is 0. The van der Waals surface area contributed by atoms with E-state index in [2.05, 4.69) is 84.6 Å². The molecule has 0 aromatic carbocycles. The van der Waals surface area contributed by atoms with Crippen molar-refractivity contribution in [1.82, 2.24) is 14.7 Å². The fourth-order valence-electron chi connectivity index (χ4n) is 4.75. The summed E-state index contributed by atoms with van der Waals surface area (Å²) in [6.07, 6.45) is 0. The van der Waals surface area contributed by atoms with Crippen molar-refractivity contribution >= 4 is 0 Å². The summed E-state index contributed by atoms with van der Waals surface area (Å²) < 4.78 is 3.74. The zero-order valence-electron chi connectivity index (χ0n) is 25.0. The molecule has 3 aliphatic heterocycles. The van der Waals surface area contributed by atoms with Gasteiger partial charge in [0.2, 0.25) is 0 Å². The van der Waals surface area contributed by atoms with Gasteiger partial charge in [0, 0.05) is 45.3 Å². The van der Waals surface area contributed by atoms with Crippen LogP contribution in [0.25, 0.3) is 0 Å². The Hall–Kier alpha value is 0.820. The first-order valence-electron chi connectivity index (χ1n) is 13.5. The second-order valence-electron chi connectivity index (χ2n) is 12.1. The molecule has 3 fully saturated rings. The standard InChI is InChI=1S/C10H23N2.C9H21N2.C7H17N2.BrH.2ClH/c1-4-11-7-9-12(5-2,6-3)10-8-11;1-9(2)10-5-7-11(3,4)8-6-10;1-8-4-6-9(2,3)7-5-8;;;/h4-10H2,1-3H3;9H,5-8H2,1-4H3;4-7H2,1-3H3;3*1H/q3*+1;;;/p-3. The molecule has 0 radical (unpaired) electrons.